The summed E-state index contributed by atoms with van der Waals surface area (Å²) < 4.78 is 6.42. The van der Waals surface area contributed by atoms with E-state index in [0.717, 1.165) is 36.0 Å². The van der Waals surface area contributed by atoms with Crippen LogP contribution in [0.15, 0.2) is 51.4 Å². The first-order valence-electron chi connectivity index (χ1n) is 7.65. The van der Waals surface area contributed by atoms with Crippen LogP contribution < -0.4 is 0 Å². The molecule has 0 aliphatic heterocycles. The van der Waals surface area contributed by atoms with E-state index in [0.29, 0.717) is 15.6 Å². The summed E-state index contributed by atoms with van der Waals surface area (Å²) in [4.78, 5) is 13.0. The highest BCUT2D eigenvalue weighted by molar-refractivity contribution is 9.10. The van der Waals surface area contributed by atoms with Gasteiger partial charge in [0, 0.05) is 17.4 Å². The zero-order valence-electron chi connectivity index (χ0n) is 12.8. The van der Waals surface area contributed by atoms with Crippen LogP contribution in [0.2, 0.25) is 0 Å². The molecule has 0 radical (unpaired) electrons. The summed E-state index contributed by atoms with van der Waals surface area (Å²) in [5.74, 6) is 0.772. The van der Waals surface area contributed by atoms with Gasteiger partial charge in [-0.05, 0) is 46.6 Å². The predicted octanol–water partition coefficient (Wildman–Crippen LogP) is 5.47. The number of furan rings is 1. The van der Waals surface area contributed by atoms with Crippen molar-refractivity contribution in [2.24, 2.45) is 0 Å². The molecule has 0 aliphatic carbocycles. The standard InChI is InChI=1S/C19H17BrO3/c1-2-3-7-17-18(13-6-4-5-8-16(13)23-17)19(22)12-9-10-15(21)14(20)11-12/h4-6,8-11,21H,2-3,7H2,1H3. The lowest BCUT2D eigenvalue weighted by Gasteiger charge is -2.04. The summed E-state index contributed by atoms with van der Waals surface area (Å²) in [6.45, 7) is 2.11. The number of halogens is 1. The van der Waals surface area contributed by atoms with Gasteiger partial charge in [0.1, 0.15) is 17.1 Å². The lowest BCUT2D eigenvalue weighted by Crippen LogP contribution is -2.04. The van der Waals surface area contributed by atoms with E-state index in [9.17, 15) is 9.90 Å². The summed E-state index contributed by atoms with van der Waals surface area (Å²) >= 11 is 3.26. The van der Waals surface area contributed by atoms with Crippen molar-refractivity contribution in [2.75, 3.05) is 0 Å². The minimum atomic E-state index is -0.0817. The Morgan fingerprint density at radius 2 is 2.00 bits per heavy atom. The molecule has 3 aromatic rings. The van der Waals surface area contributed by atoms with Crippen LogP contribution in [-0.2, 0) is 6.42 Å². The van der Waals surface area contributed by atoms with E-state index in [1.807, 2.05) is 24.3 Å². The van der Waals surface area contributed by atoms with Crippen LogP contribution in [-0.4, -0.2) is 10.9 Å². The maximum absolute atomic E-state index is 13.0. The maximum atomic E-state index is 13.0. The first-order valence-corrected chi connectivity index (χ1v) is 8.44. The summed E-state index contributed by atoms with van der Waals surface area (Å²) in [5, 5.41) is 10.5. The van der Waals surface area contributed by atoms with E-state index < -0.39 is 0 Å². The van der Waals surface area contributed by atoms with Crippen LogP contribution in [0.4, 0.5) is 0 Å². The molecule has 3 nitrogen and oxygen atoms in total. The van der Waals surface area contributed by atoms with Crippen molar-refractivity contribution < 1.29 is 14.3 Å². The predicted molar refractivity (Wildman–Crippen MR) is 94.1 cm³/mol. The van der Waals surface area contributed by atoms with Crippen LogP contribution in [0, 0.1) is 0 Å². The molecule has 2 aromatic carbocycles. The molecule has 0 saturated heterocycles. The number of rotatable bonds is 5. The number of aromatic hydroxyl groups is 1. The Morgan fingerprint density at radius 3 is 2.74 bits per heavy atom. The van der Waals surface area contributed by atoms with Gasteiger partial charge in [-0.2, -0.15) is 0 Å². The van der Waals surface area contributed by atoms with E-state index in [4.69, 9.17) is 4.42 Å². The number of benzene rings is 2. The highest BCUT2D eigenvalue weighted by atomic mass is 79.9. The molecule has 118 valence electrons. The van der Waals surface area contributed by atoms with Gasteiger partial charge in [-0.15, -0.1) is 0 Å². The minimum Gasteiger partial charge on any atom is -0.507 e. The zero-order chi connectivity index (χ0) is 16.4. The van der Waals surface area contributed by atoms with Crippen molar-refractivity contribution in [3.8, 4) is 5.75 Å². The quantitative estimate of drug-likeness (QED) is 0.603. The maximum Gasteiger partial charge on any atom is 0.197 e. The number of carbonyl (C=O) groups excluding carboxylic acids is 1. The first kappa shape index (κ1) is 15.8. The number of phenolic OH excluding ortho intramolecular Hbond substituents is 1. The third kappa shape index (κ3) is 3.04. The van der Waals surface area contributed by atoms with Gasteiger partial charge in [0.05, 0.1) is 10.0 Å². The van der Waals surface area contributed by atoms with Gasteiger partial charge in [-0.3, -0.25) is 4.79 Å². The monoisotopic (exact) mass is 372 g/mol. The Hall–Kier alpha value is -2.07. The van der Waals surface area contributed by atoms with Crippen LogP contribution in [0.5, 0.6) is 5.75 Å². The van der Waals surface area contributed by atoms with E-state index in [2.05, 4.69) is 22.9 Å². The summed E-state index contributed by atoms with van der Waals surface area (Å²) in [6, 6.07) is 12.4. The number of ketones is 1. The second kappa shape index (κ2) is 6.59. The van der Waals surface area contributed by atoms with Crippen molar-refractivity contribution in [1.29, 1.82) is 0 Å². The molecule has 0 spiro atoms. The van der Waals surface area contributed by atoms with E-state index >= 15 is 0 Å². The number of carbonyl (C=O) groups is 1. The Bertz CT molecular complexity index is 864. The minimum absolute atomic E-state index is 0.0817. The Labute approximate surface area is 143 Å². The number of hydrogen-bond donors (Lipinski definition) is 1. The smallest absolute Gasteiger partial charge is 0.197 e. The summed E-state index contributed by atoms with van der Waals surface area (Å²) in [5.41, 5.74) is 1.89. The van der Waals surface area contributed by atoms with E-state index in [1.54, 1.807) is 12.1 Å². The fourth-order valence-electron chi connectivity index (χ4n) is 2.65. The molecule has 0 unspecified atom stereocenters. The average molecular weight is 373 g/mol. The molecule has 1 N–H and O–H groups in total. The van der Waals surface area contributed by atoms with Crippen molar-refractivity contribution in [2.45, 2.75) is 26.2 Å². The van der Waals surface area contributed by atoms with Crippen LogP contribution in [0.3, 0.4) is 0 Å². The van der Waals surface area contributed by atoms with E-state index in [1.165, 1.54) is 6.07 Å². The van der Waals surface area contributed by atoms with Gasteiger partial charge >= 0.3 is 0 Å². The van der Waals surface area contributed by atoms with Crippen molar-refractivity contribution in [3.05, 3.63) is 63.8 Å². The molecule has 1 heterocycles. The largest absolute Gasteiger partial charge is 0.507 e. The topological polar surface area (TPSA) is 50.4 Å². The molecule has 0 amide bonds. The number of fused-ring (bicyclic) bond motifs is 1. The number of aryl methyl sites for hydroxylation is 1. The molecule has 23 heavy (non-hydrogen) atoms. The fourth-order valence-corrected chi connectivity index (χ4v) is 3.03. The third-order valence-electron chi connectivity index (χ3n) is 3.86. The first-order chi connectivity index (χ1) is 11.1. The van der Waals surface area contributed by atoms with Crippen molar-refractivity contribution in [1.82, 2.24) is 0 Å². The molecule has 0 atom stereocenters. The molecule has 0 aliphatic rings. The summed E-state index contributed by atoms with van der Waals surface area (Å²) in [7, 11) is 0. The van der Waals surface area contributed by atoms with E-state index in [-0.39, 0.29) is 11.5 Å². The fraction of sp³-hybridized carbons (Fsp3) is 0.211. The van der Waals surface area contributed by atoms with Crippen molar-refractivity contribution in [3.63, 3.8) is 0 Å². The SMILES string of the molecule is CCCCc1oc2ccccc2c1C(=O)c1ccc(O)c(Br)c1. The molecule has 4 heteroatoms. The van der Waals surface area contributed by atoms with Gasteiger partial charge in [0.25, 0.3) is 0 Å². The Morgan fingerprint density at radius 1 is 1.22 bits per heavy atom. The van der Waals surface area contributed by atoms with Crippen LogP contribution >= 0.6 is 15.9 Å². The number of para-hydroxylation sites is 1. The number of unbranched alkanes of at least 4 members (excludes halogenated alkanes) is 1. The lowest BCUT2D eigenvalue weighted by atomic mass is 9.98. The second-order valence-corrected chi connectivity index (χ2v) is 6.35. The lowest BCUT2D eigenvalue weighted by molar-refractivity contribution is 0.103. The van der Waals surface area contributed by atoms with Crippen LogP contribution in [0.1, 0.15) is 41.4 Å². The van der Waals surface area contributed by atoms with Crippen molar-refractivity contribution >= 4 is 32.7 Å². The Kier molecular flexibility index (Phi) is 4.53. The average Bonchev–Trinajstić information content (AvgIpc) is 2.93. The molecule has 0 saturated carbocycles. The molecular formula is C19H17BrO3. The van der Waals surface area contributed by atoms with Gasteiger partial charge in [-0.1, -0.05) is 31.5 Å². The molecule has 0 bridgehead atoms. The molecule has 1 aromatic heterocycles. The highest BCUT2D eigenvalue weighted by Crippen LogP contribution is 2.31. The van der Waals surface area contributed by atoms with Crippen LogP contribution in [0.25, 0.3) is 11.0 Å². The zero-order valence-corrected chi connectivity index (χ0v) is 14.4. The number of phenols is 1. The molecule has 3 rings (SSSR count). The second-order valence-electron chi connectivity index (χ2n) is 5.50. The third-order valence-corrected chi connectivity index (χ3v) is 4.50. The number of hydrogen-bond acceptors (Lipinski definition) is 3. The van der Waals surface area contributed by atoms with Gasteiger partial charge in [0.15, 0.2) is 5.78 Å². The van der Waals surface area contributed by atoms with Gasteiger partial charge in [0.2, 0.25) is 0 Å². The van der Waals surface area contributed by atoms with Gasteiger partial charge in [-0.25, -0.2) is 0 Å². The molecule has 0 fully saturated rings. The highest BCUT2D eigenvalue weighted by Gasteiger charge is 2.22. The summed E-state index contributed by atoms with van der Waals surface area (Å²) in [6.07, 6.45) is 2.75. The van der Waals surface area contributed by atoms with Gasteiger partial charge < -0.3 is 9.52 Å². The normalized spacial score (nSPS) is 11.0. The molecular weight excluding hydrogens is 356 g/mol. The Balaban J connectivity index is 2.12.